The Morgan fingerprint density at radius 1 is 1.15 bits per heavy atom. The molecule has 0 spiro atoms. The molecule has 1 saturated heterocycles. The maximum atomic E-state index is 12.2. The molecule has 0 saturated carbocycles. The summed E-state index contributed by atoms with van der Waals surface area (Å²) in [6, 6.07) is 6.05. The number of carboxylic acid groups (broad SMARTS) is 1. The van der Waals surface area contributed by atoms with E-state index in [-0.39, 0.29) is 5.91 Å². The lowest BCUT2D eigenvalue weighted by Gasteiger charge is -2.14. The van der Waals surface area contributed by atoms with Gasteiger partial charge in [-0.25, -0.2) is 14.5 Å². The van der Waals surface area contributed by atoms with Crippen LogP contribution in [0.5, 0.6) is 0 Å². The number of carboxylic acids is 1. The molecule has 2 heterocycles. The van der Waals surface area contributed by atoms with Crippen LogP contribution in [0.1, 0.15) is 25.8 Å². The van der Waals surface area contributed by atoms with Crippen LogP contribution in [-0.2, 0) is 19.1 Å². The fraction of sp³-hybridized carbons (Fsp3) is 0.353. The van der Waals surface area contributed by atoms with Crippen LogP contribution in [0.25, 0.3) is 0 Å². The van der Waals surface area contributed by atoms with E-state index in [0.29, 0.717) is 24.2 Å². The van der Waals surface area contributed by atoms with E-state index in [0.717, 1.165) is 0 Å². The fourth-order valence-corrected chi connectivity index (χ4v) is 2.66. The summed E-state index contributed by atoms with van der Waals surface area (Å²) in [7, 11) is 0. The van der Waals surface area contributed by atoms with Crippen molar-refractivity contribution in [3.05, 3.63) is 36.9 Å². The van der Waals surface area contributed by atoms with Gasteiger partial charge >= 0.3 is 5.97 Å². The third kappa shape index (κ3) is 4.47. The number of hydrogen-bond acceptors (Lipinski definition) is 6. The Labute approximate surface area is 154 Å². The minimum absolute atomic E-state index is 0.253. The molecule has 1 aliphatic heterocycles. The lowest BCUT2D eigenvalue weighted by Crippen LogP contribution is -2.29. The van der Waals surface area contributed by atoms with Gasteiger partial charge in [-0.15, -0.1) is 0 Å². The van der Waals surface area contributed by atoms with Crippen LogP contribution >= 0.6 is 0 Å². The highest BCUT2D eigenvalue weighted by molar-refractivity contribution is 5.96. The molecule has 3 atom stereocenters. The van der Waals surface area contributed by atoms with E-state index < -0.39 is 30.1 Å². The van der Waals surface area contributed by atoms with Gasteiger partial charge in [0.1, 0.15) is 24.8 Å². The number of nitrogens with one attached hydrogen (secondary N) is 2. The lowest BCUT2D eigenvalue weighted by molar-refractivity contribution is -0.150. The first-order chi connectivity index (χ1) is 12.9. The van der Waals surface area contributed by atoms with E-state index in [2.05, 4.69) is 20.7 Å². The van der Waals surface area contributed by atoms with Crippen LogP contribution in [0, 0.1) is 0 Å². The van der Waals surface area contributed by atoms with Crippen molar-refractivity contribution in [2.75, 3.05) is 10.6 Å². The number of hydrogen-bond donors (Lipinski definition) is 3. The zero-order valence-electron chi connectivity index (χ0n) is 14.5. The van der Waals surface area contributed by atoms with Gasteiger partial charge in [0, 0.05) is 11.4 Å². The fourth-order valence-electron chi connectivity index (χ4n) is 2.66. The Balaban J connectivity index is 1.53. The van der Waals surface area contributed by atoms with Gasteiger partial charge in [-0.05, 0) is 44.0 Å². The van der Waals surface area contributed by atoms with E-state index in [4.69, 9.17) is 9.84 Å². The van der Waals surface area contributed by atoms with Crippen LogP contribution in [0.15, 0.2) is 36.9 Å². The molecule has 2 amide bonds. The molecule has 1 aliphatic rings. The molecule has 1 aromatic heterocycles. The van der Waals surface area contributed by atoms with E-state index in [1.165, 1.54) is 17.3 Å². The van der Waals surface area contributed by atoms with Gasteiger partial charge in [0.05, 0.1) is 0 Å². The van der Waals surface area contributed by atoms with Crippen molar-refractivity contribution < 1.29 is 24.2 Å². The van der Waals surface area contributed by atoms with Crippen molar-refractivity contribution in [1.29, 1.82) is 0 Å². The molecule has 10 nitrogen and oxygen atoms in total. The smallest absolute Gasteiger partial charge is 0.332 e. The van der Waals surface area contributed by atoms with Gasteiger partial charge in [-0.2, -0.15) is 5.10 Å². The second-order valence-corrected chi connectivity index (χ2v) is 6.14. The third-order valence-electron chi connectivity index (χ3n) is 4.22. The molecule has 1 aromatic carbocycles. The summed E-state index contributed by atoms with van der Waals surface area (Å²) in [5.74, 6) is -1.71. The van der Waals surface area contributed by atoms with Gasteiger partial charge < -0.3 is 20.5 Å². The largest absolute Gasteiger partial charge is 0.479 e. The van der Waals surface area contributed by atoms with Gasteiger partial charge in [-0.1, -0.05) is 0 Å². The summed E-state index contributed by atoms with van der Waals surface area (Å²) in [5.41, 5.74) is 1.08. The predicted octanol–water partition coefficient (Wildman–Crippen LogP) is 1.05. The number of amides is 2. The number of carbonyl (C=O) groups is 3. The Kier molecular flexibility index (Phi) is 5.46. The summed E-state index contributed by atoms with van der Waals surface area (Å²) < 4.78 is 6.65. The molecule has 0 bridgehead atoms. The van der Waals surface area contributed by atoms with Crippen LogP contribution < -0.4 is 10.6 Å². The van der Waals surface area contributed by atoms with Crippen LogP contribution in [-0.4, -0.2) is 49.9 Å². The highest BCUT2D eigenvalue weighted by Crippen LogP contribution is 2.22. The topological polar surface area (TPSA) is 135 Å². The van der Waals surface area contributed by atoms with Gasteiger partial charge in [0.25, 0.3) is 5.91 Å². The number of ether oxygens (including phenoxy) is 1. The maximum absolute atomic E-state index is 12.2. The molecule has 0 aliphatic carbocycles. The van der Waals surface area contributed by atoms with Crippen molar-refractivity contribution in [2.24, 2.45) is 0 Å². The van der Waals surface area contributed by atoms with Gasteiger partial charge in [-0.3, -0.25) is 9.59 Å². The predicted molar refractivity (Wildman–Crippen MR) is 94.0 cm³/mol. The highest BCUT2D eigenvalue weighted by atomic mass is 16.5. The van der Waals surface area contributed by atoms with Gasteiger partial charge in [0.15, 0.2) is 6.10 Å². The van der Waals surface area contributed by atoms with Gasteiger partial charge in [0.2, 0.25) is 5.91 Å². The first-order valence-corrected chi connectivity index (χ1v) is 8.38. The molecule has 1 fully saturated rings. The first-order valence-electron chi connectivity index (χ1n) is 8.38. The van der Waals surface area contributed by atoms with Crippen molar-refractivity contribution >= 4 is 29.2 Å². The Morgan fingerprint density at radius 3 is 2.33 bits per heavy atom. The molecule has 3 N–H and O–H groups in total. The number of carbonyl (C=O) groups excluding carboxylic acids is 2. The minimum Gasteiger partial charge on any atom is -0.479 e. The summed E-state index contributed by atoms with van der Waals surface area (Å²) in [5, 5.41) is 18.3. The highest BCUT2D eigenvalue weighted by Gasteiger charge is 2.34. The number of aromatic nitrogens is 3. The summed E-state index contributed by atoms with van der Waals surface area (Å²) in [6.45, 7) is 1.70. The number of nitrogens with zero attached hydrogens (tertiary/aromatic N) is 3. The molecule has 27 heavy (non-hydrogen) atoms. The average molecular weight is 373 g/mol. The SMILES string of the molecule is CC(C(=O)Nc1ccc(NC(=O)[C@@H]2CC[C@H](C(=O)O)O2)cc1)n1cncn1. The Morgan fingerprint density at radius 2 is 1.78 bits per heavy atom. The number of anilines is 2. The lowest BCUT2D eigenvalue weighted by atomic mass is 10.2. The minimum atomic E-state index is -1.06. The first kappa shape index (κ1) is 18.5. The summed E-state index contributed by atoms with van der Waals surface area (Å²) in [6.07, 6.45) is 1.76. The second kappa shape index (κ2) is 7.96. The number of aliphatic carboxylic acids is 1. The van der Waals surface area contributed by atoms with E-state index in [9.17, 15) is 14.4 Å². The van der Waals surface area contributed by atoms with Crippen LogP contribution in [0.3, 0.4) is 0 Å². The molecular formula is C17H19N5O5. The third-order valence-corrected chi connectivity index (χ3v) is 4.22. The summed E-state index contributed by atoms with van der Waals surface area (Å²) in [4.78, 5) is 39.0. The van der Waals surface area contributed by atoms with E-state index in [1.807, 2.05) is 0 Å². The monoisotopic (exact) mass is 373 g/mol. The Bertz CT molecular complexity index is 821. The zero-order valence-corrected chi connectivity index (χ0v) is 14.5. The molecule has 0 radical (unpaired) electrons. The van der Waals surface area contributed by atoms with Crippen molar-refractivity contribution in [1.82, 2.24) is 14.8 Å². The molecule has 3 rings (SSSR count). The van der Waals surface area contributed by atoms with Crippen molar-refractivity contribution in [3.63, 3.8) is 0 Å². The zero-order chi connectivity index (χ0) is 19.4. The average Bonchev–Trinajstić information content (AvgIpc) is 3.34. The van der Waals surface area contributed by atoms with Crippen molar-refractivity contribution in [2.45, 2.75) is 38.0 Å². The molecular weight excluding hydrogens is 354 g/mol. The standard InChI is InChI=1S/C17H19N5O5/c1-10(22-9-18-8-19-22)15(23)20-11-2-4-12(5-3-11)21-16(24)13-6-7-14(27-13)17(25)26/h2-5,8-10,13-14H,6-7H2,1H3,(H,20,23)(H,21,24)(H,25,26)/t10?,13-,14+/m0/s1. The van der Waals surface area contributed by atoms with E-state index >= 15 is 0 Å². The molecule has 2 aromatic rings. The van der Waals surface area contributed by atoms with Crippen LogP contribution in [0.2, 0.25) is 0 Å². The molecule has 1 unspecified atom stereocenters. The normalized spacial score (nSPS) is 20.0. The summed E-state index contributed by atoms with van der Waals surface area (Å²) >= 11 is 0. The molecule has 142 valence electrons. The van der Waals surface area contributed by atoms with Crippen molar-refractivity contribution in [3.8, 4) is 0 Å². The quantitative estimate of drug-likeness (QED) is 0.688. The number of rotatable bonds is 6. The second-order valence-electron chi connectivity index (χ2n) is 6.14. The number of benzene rings is 1. The molecule has 10 heteroatoms. The van der Waals surface area contributed by atoms with E-state index in [1.54, 1.807) is 31.2 Å². The maximum Gasteiger partial charge on any atom is 0.332 e. The Hall–Kier alpha value is -3.27. The van der Waals surface area contributed by atoms with Crippen LogP contribution in [0.4, 0.5) is 11.4 Å².